The lowest BCUT2D eigenvalue weighted by Gasteiger charge is -2.26. The zero-order valence-corrected chi connectivity index (χ0v) is 18.8. The number of aliphatic imine (C=N–C) groups is 1. The first-order valence-electron chi connectivity index (χ1n) is 11.4. The Bertz CT molecular complexity index is 910. The van der Waals surface area contributed by atoms with Crippen LogP contribution in [0.3, 0.4) is 0 Å². The Kier molecular flexibility index (Phi) is 7.60. The SMILES string of the molecule is CN=C(NCc1cccc(OCCN2CCOCC2)c1)NCC1(c2ccccc2F)CC1. The van der Waals surface area contributed by atoms with Gasteiger partial charge in [0.05, 0.1) is 13.2 Å². The zero-order chi connectivity index (χ0) is 22.2. The van der Waals surface area contributed by atoms with Crippen LogP contribution in [0, 0.1) is 5.82 Å². The lowest BCUT2D eigenvalue weighted by Crippen LogP contribution is -2.41. The van der Waals surface area contributed by atoms with Crippen molar-refractivity contribution < 1.29 is 13.9 Å². The minimum absolute atomic E-state index is 0.125. The molecular formula is C25H33FN4O2. The fourth-order valence-corrected chi connectivity index (χ4v) is 4.11. The molecule has 2 fully saturated rings. The number of rotatable bonds is 9. The third kappa shape index (κ3) is 5.99. The molecule has 0 atom stereocenters. The van der Waals surface area contributed by atoms with E-state index in [4.69, 9.17) is 9.47 Å². The van der Waals surface area contributed by atoms with Crippen LogP contribution in [0.4, 0.5) is 4.39 Å². The second-order valence-corrected chi connectivity index (χ2v) is 8.49. The quantitative estimate of drug-likeness (QED) is 0.464. The van der Waals surface area contributed by atoms with Crippen LogP contribution in [0.1, 0.15) is 24.0 Å². The van der Waals surface area contributed by atoms with Gasteiger partial charge in [0.25, 0.3) is 0 Å². The normalized spacial score (nSPS) is 18.2. The van der Waals surface area contributed by atoms with Crippen LogP contribution in [0.2, 0.25) is 0 Å². The van der Waals surface area contributed by atoms with Crippen molar-refractivity contribution >= 4 is 5.96 Å². The molecule has 2 aliphatic rings. The summed E-state index contributed by atoms with van der Waals surface area (Å²) in [5.74, 6) is 1.46. The highest BCUT2D eigenvalue weighted by molar-refractivity contribution is 5.79. The standard InChI is InChI=1S/C25H33FN4O2/c1-27-24(29-19-25(9-10-25)22-7-2-3-8-23(22)26)28-18-20-5-4-6-21(17-20)32-16-13-30-11-14-31-15-12-30/h2-8,17H,9-16,18-19H2,1H3,(H2,27,28,29). The topological polar surface area (TPSA) is 58.1 Å². The number of nitrogens with one attached hydrogen (secondary N) is 2. The highest BCUT2D eigenvalue weighted by atomic mass is 19.1. The fourth-order valence-electron chi connectivity index (χ4n) is 4.11. The molecule has 2 N–H and O–H groups in total. The van der Waals surface area contributed by atoms with Gasteiger partial charge in [0.1, 0.15) is 18.2 Å². The highest BCUT2D eigenvalue weighted by Crippen LogP contribution is 2.48. The first-order valence-corrected chi connectivity index (χ1v) is 11.4. The first-order chi connectivity index (χ1) is 15.7. The van der Waals surface area contributed by atoms with Crippen LogP contribution in [0.15, 0.2) is 53.5 Å². The molecule has 0 spiro atoms. The maximum atomic E-state index is 14.2. The van der Waals surface area contributed by atoms with E-state index in [1.54, 1.807) is 19.2 Å². The molecule has 0 bridgehead atoms. The lowest BCUT2D eigenvalue weighted by atomic mass is 9.95. The third-order valence-corrected chi connectivity index (χ3v) is 6.25. The molecule has 7 heteroatoms. The molecule has 0 aromatic heterocycles. The minimum Gasteiger partial charge on any atom is -0.492 e. The molecule has 1 saturated carbocycles. The Hall–Kier alpha value is -2.64. The van der Waals surface area contributed by atoms with Crippen LogP contribution < -0.4 is 15.4 Å². The molecule has 2 aromatic carbocycles. The second-order valence-electron chi connectivity index (χ2n) is 8.49. The molecule has 32 heavy (non-hydrogen) atoms. The number of morpholine rings is 1. The largest absolute Gasteiger partial charge is 0.492 e. The smallest absolute Gasteiger partial charge is 0.191 e. The van der Waals surface area contributed by atoms with Gasteiger partial charge < -0.3 is 20.1 Å². The van der Waals surface area contributed by atoms with E-state index in [2.05, 4.69) is 32.7 Å². The first kappa shape index (κ1) is 22.6. The Balaban J connectivity index is 1.23. The lowest BCUT2D eigenvalue weighted by molar-refractivity contribution is 0.0322. The van der Waals surface area contributed by atoms with Crippen molar-refractivity contribution in [1.29, 1.82) is 0 Å². The average Bonchev–Trinajstić information content (AvgIpc) is 3.61. The predicted molar refractivity (Wildman–Crippen MR) is 125 cm³/mol. The van der Waals surface area contributed by atoms with Gasteiger partial charge >= 0.3 is 0 Å². The van der Waals surface area contributed by atoms with Crippen molar-refractivity contribution in [2.75, 3.05) is 53.0 Å². The van der Waals surface area contributed by atoms with E-state index in [1.165, 1.54) is 0 Å². The average molecular weight is 441 g/mol. The van der Waals surface area contributed by atoms with Gasteiger partial charge in [0.15, 0.2) is 5.96 Å². The Morgan fingerprint density at radius 2 is 1.94 bits per heavy atom. The third-order valence-electron chi connectivity index (χ3n) is 6.25. The summed E-state index contributed by atoms with van der Waals surface area (Å²) >= 11 is 0. The number of ether oxygens (including phenoxy) is 2. The van der Waals surface area contributed by atoms with Crippen molar-refractivity contribution in [1.82, 2.24) is 15.5 Å². The Labute approximate surface area is 189 Å². The van der Waals surface area contributed by atoms with Gasteiger partial charge in [-0.1, -0.05) is 30.3 Å². The van der Waals surface area contributed by atoms with Crippen LogP contribution in [-0.4, -0.2) is 63.9 Å². The molecule has 4 rings (SSSR count). The number of nitrogens with zero attached hydrogens (tertiary/aromatic N) is 2. The zero-order valence-electron chi connectivity index (χ0n) is 18.8. The number of guanidine groups is 1. The molecule has 2 aromatic rings. The van der Waals surface area contributed by atoms with Gasteiger partial charge in [0.2, 0.25) is 0 Å². The summed E-state index contributed by atoms with van der Waals surface area (Å²) in [6.45, 7) is 6.42. The van der Waals surface area contributed by atoms with Crippen LogP contribution in [-0.2, 0) is 16.7 Å². The molecule has 1 aliphatic heterocycles. The van der Waals surface area contributed by atoms with Crippen molar-refractivity contribution in [2.45, 2.75) is 24.8 Å². The number of hydrogen-bond donors (Lipinski definition) is 2. The van der Waals surface area contributed by atoms with Gasteiger partial charge in [-0.05, 0) is 42.2 Å². The molecule has 1 aliphatic carbocycles. The summed E-state index contributed by atoms with van der Waals surface area (Å²) in [5, 5.41) is 6.73. The molecule has 1 heterocycles. The number of halogens is 1. The maximum absolute atomic E-state index is 14.2. The molecule has 0 unspecified atom stereocenters. The summed E-state index contributed by atoms with van der Waals surface area (Å²) in [7, 11) is 1.75. The molecular weight excluding hydrogens is 407 g/mol. The van der Waals surface area contributed by atoms with Crippen molar-refractivity contribution in [2.24, 2.45) is 4.99 Å². The van der Waals surface area contributed by atoms with Crippen molar-refractivity contribution in [3.8, 4) is 5.75 Å². The van der Waals surface area contributed by atoms with Crippen LogP contribution in [0.5, 0.6) is 5.75 Å². The molecule has 6 nitrogen and oxygen atoms in total. The predicted octanol–water partition coefficient (Wildman–Crippen LogP) is 2.93. The van der Waals surface area contributed by atoms with Gasteiger partial charge in [-0.2, -0.15) is 0 Å². The van der Waals surface area contributed by atoms with Crippen molar-refractivity contribution in [3.63, 3.8) is 0 Å². The summed E-state index contributed by atoms with van der Waals surface area (Å²) in [4.78, 5) is 6.69. The molecule has 0 amide bonds. The van der Waals surface area contributed by atoms with E-state index in [1.807, 2.05) is 24.3 Å². The van der Waals surface area contributed by atoms with Crippen LogP contribution >= 0.6 is 0 Å². The summed E-state index contributed by atoms with van der Waals surface area (Å²) in [5.41, 5.74) is 1.79. The number of hydrogen-bond acceptors (Lipinski definition) is 4. The van der Waals surface area contributed by atoms with E-state index in [0.717, 1.165) is 62.6 Å². The molecule has 172 valence electrons. The fraction of sp³-hybridized carbons (Fsp3) is 0.480. The number of benzene rings is 2. The Morgan fingerprint density at radius 1 is 1.12 bits per heavy atom. The van der Waals surface area contributed by atoms with E-state index in [-0.39, 0.29) is 11.2 Å². The molecule has 0 radical (unpaired) electrons. The Morgan fingerprint density at radius 3 is 2.69 bits per heavy atom. The second kappa shape index (κ2) is 10.8. The van der Waals surface area contributed by atoms with Gasteiger partial charge in [-0.15, -0.1) is 0 Å². The maximum Gasteiger partial charge on any atom is 0.191 e. The van der Waals surface area contributed by atoms with Gasteiger partial charge in [0, 0.05) is 45.2 Å². The van der Waals surface area contributed by atoms with E-state index in [0.29, 0.717) is 25.7 Å². The summed E-state index contributed by atoms with van der Waals surface area (Å²) in [6, 6.07) is 15.2. The van der Waals surface area contributed by atoms with Crippen molar-refractivity contribution in [3.05, 3.63) is 65.5 Å². The van der Waals surface area contributed by atoms with Gasteiger partial charge in [-0.25, -0.2) is 4.39 Å². The van der Waals surface area contributed by atoms with Crippen LogP contribution in [0.25, 0.3) is 0 Å². The highest BCUT2D eigenvalue weighted by Gasteiger charge is 2.45. The van der Waals surface area contributed by atoms with Gasteiger partial charge in [-0.3, -0.25) is 9.89 Å². The van der Waals surface area contributed by atoms with E-state index < -0.39 is 0 Å². The molecule has 1 saturated heterocycles. The summed E-state index contributed by atoms with van der Waals surface area (Å²) < 4.78 is 25.6. The monoisotopic (exact) mass is 440 g/mol. The minimum atomic E-state index is -0.128. The summed E-state index contributed by atoms with van der Waals surface area (Å²) in [6.07, 6.45) is 1.98. The van der Waals surface area contributed by atoms with E-state index >= 15 is 0 Å². The van der Waals surface area contributed by atoms with E-state index in [9.17, 15) is 4.39 Å².